The lowest BCUT2D eigenvalue weighted by molar-refractivity contribution is 0.336. The number of benzene rings is 2. The highest BCUT2D eigenvalue weighted by Crippen LogP contribution is 2.47. The molecule has 0 heterocycles. The number of ether oxygens (including phenoxy) is 1. The lowest BCUT2D eigenvalue weighted by Gasteiger charge is -2.29. The van der Waals surface area contributed by atoms with Gasteiger partial charge >= 0.3 is 0 Å². The molecule has 2 nitrogen and oxygen atoms in total. The van der Waals surface area contributed by atoms with Crippen molar-refractivity contribution in [3.8, 4) is 5.75 Å². The number of anilines is 1. The Balaban J connectivity index is 1.97. The van der Waals surface area contributed by atoms with Crippen LogP contribution in [-0.2, 0) is 6.42 Å². The van der Waals surface area contributed by atoms with Gasteiger partial charge in [0.05, 0.1) is 18.8 Å². The summed E-state index contributed by atoms with van der Waals surface area (Å²) in [4.78, 5) is 0. The third-order valence-corrected chi connectivity index (χ3v) is 4.27. The van der Waals surface area contributed by atoms with Gasteiger partial charge in [-0.2, -0.15) is 0 Å². The number of fused-ring (bicyclic) bond motifs is 1. The molecule has 0 radical (unpaired) electrons. The molecule has 21 heavy (non-hydrogen) atoms. The molecule has 1 aliphatic rings. The number of hydrogen-bond donors (Lipinski definition) is 1. The fourth-order valence-electron chi connectivity index (χ4n) is 3.16. The molecule has 0 fully saturated rings. The maximum atomic E-state index is 14.1. The van der Waals surface area contributed by atoms with Crippen molar-refractivity contribution in [1.29, 1.82) is 0 Å². The van der Waals surface area contributed by atoms with Gasteiger partial charge in [-0.15, -0.1) is 0 Å². The Labute approximate surface area is 125 Å². The van der Waals surface area contributed by atoms with Crippen molar-refractivity contribution >= 4 is 5.69 Å². The largest absolute Gasteiger partial charge is 0.497 e. The highest BCUT2D eigenvalue weighted by atomic mass is 19.1. The Kier molecular flexibility index (Phi) is 3.36. The van der Waals surface area contributed by atoms with Gasteiger partial charge in [0, 0.05) is 6.07 Å². The SMILES string of the molecule is COc1ccc(F)c(NC2c3ccccc3CC2(C)C)c1. The second-order valence-corrected chi connectivity index (χ2v) is 6.29. The van der Waals surface area contributed by atoms with E-state index in [9.17, 15) is 4.39 Å². The molecule has 3 rings (SSSR count). The van der Waals surface area contributed by atoms with E-state index in [0.29, 0.717) is 11.4 Å². The smallest absolute Gasteiger partial charge is 0.146 e. The van der Waals surface area contributed by atoms with E-state index in [0.717, 1.165) is 6.42 Å². The molecule has 110 valence electrons. The van der Waals surface area contributed by atoms with Gasteiger partial charge in [-0.25, -0.2) is 4.39 Å². The molecule has 0 spiro atoms. The fourth-order valence-corrected chi connectivity index (χ4v) is 3.16. The Morgan fingerprint density at radius 1 is 1.19 bits per heavy atom. The molecule has 0 amide bonds. The van der Waals surface area contributed by atoms with Crippen LogP contribution in [0.2, 0.25) is 0 Å². The van der Waals surface area contributed by atoms with Crippen molar-refractivity contribution in [2.24, 2.45) is 5.41 Å². The molecular weight excluding hydrogens is 265 g/mol. The van der Waals surface area contributed by atoms with Crippen molar-refractivity contribution < 1.29 is 9.13 Å². The Bertz CT molecular complexity index is 666. The van der Waals surface area contributed by atoms with Gasteiger partial charge in [0.25, 0.3) is 0 Å². The number of nitrogens with one attached hydrogen (secondary N) is 1. The third-order valence-electron chi connectivity index (χ3n) is 4.27. The zero-order chi connectivity index (χ0) is 15.0. The van der Waals surface area contributed by atoms with Gasteiger partial charge in [0.15, 0.2) is 0 Å². The zero-order valence-electron chi connectivity index (χ0n) is 12.6. The van der Waals surface area contributed by atoms with E-state index >= 15 is 0 Å². The zero-order valence-corrected chi connectivity index (χ0v) is 12.6. The normalized spacial score (nSPS) is 19.1. The predicted octanol–water partition coefficient (Wildman–Crippen LogP) is 4.57. The number of rotatable bonds is 3. The van der Waals surface area contributed by atoms with E-state index in [1.54, 1.807) is 19.2 Å². The first kappa shape index (κ1) is 13.9. The highest BCUT2D eigenvalue weighted by molar-refractivity contribution is 5.53. The number of halogens is 1. The molecule has 0 bridgehead atoms. The van der Waals surface area contributed by atoms with Crippen LogP contribution in [0.25, 0.3) is 0 Å². The van der Waals surface area contributed by atoms with Gasteiger partial charge in [0.1, 0.15) is 11.6 Å². The minimum absolute atomic E-state index is 0.0409. The van der Waals surface area contributed by atoms with E-state index in [1.807, 2.05) is 6.07 Å². The summed E-state index contributed by atoms with van der Waals surface area (Å²) in [6, 6.07) is 13.3. The summed E-state index contributed by atoms with van der Waals surface area (Å²) in [7, 11) is 1.59. The van der Waals surface area contributed by atoms with Crippen LogP contribution in [0.3, 0.4) is 0 Å². The standard InChI is InChI=1S/C18H20FNO/c1-18(2)11-12-6-4-5-7-14(12)17(18)20-16-10-13(21-3)8-9-15(16)19/h4-10,17,20H,11H2,1-3H3. The van der Waals surface area contributed by atoms with E-state index in [4.69, 9.17) is 4.74 Å². The molecule has 0 aromatic heterocycles. The van der Waals surface area contributed by atoms with Crippen molar-refractivity contribution in [3.63, 3.8) is 0 Å². The maximum Gasteiger partial charge on any atom is 0.146 e. The van der Waals surface area contributed by atoms with Gasteiger partial charge in [0.2, 0.25) is 0 Å². The van der Waals surface area contributed by atoms with Crippen molar-refractivity contribution in [1.82, 2.24) is 0 Å². The summed E-state index contributed by atoms with van der Waals surface area (Å²) in [6.45, 7) is 4.42. The van der Waals surface area contributed by atoms with Crippen LogP contribution in [0.1, 0.15) is 31.0 Å². The van der Waals surface area contributed by atoms with Crippen LogP contribution in [0.4, 0.5) is 10.1 Å². The molecule has 2 aromatic carbocycles. The Morgan fingerprint density at radius 3 is 2.71 bits per heavy atom. The molecule has 3 heteroatoms. The van der Waals surface area contributed by atoms with Gasteiger partial charge < -0.3 is 10.1 Å². The van der Waals surface area contributed by atoms with Crippen molar-refractivity contribution in [3.05, 3.63) is 59.4 Å². The molecular formula is C18H20FNO. The predicted molar refractivity (Wildman–Crippen MR) is 83.2 cm³/mol. The summed E-state index contributed by atoms with van der Waals surface area (Å²) in [6.07, 6.45) is 0.992. The average molecular weight is 285 g/mol. The lowest BCUT2D eigenvalue weighted by Crippen LogP contribution is -2.25. The van der Waals surface area contributed by atoms with Gasteiger partial charge in [-0.1, -0.05) is 38.1 Å². The number of methoxy groups -OCH3 is 1. The summed E-state index contributed by atoms with van der Waals surface area (Å²) >= 11 is 0. The molecule has 1 atom stereocenters. The van der Waals surface area contributed by atoms with Gasteiger partial charge in [-0.05, 0) is 35.1 Å². The average Bonchev–Trinajstić information content (AvgIpc) is 2.72. The van der Waals surface area contributed by atoms with Crippen LogP contribution >= 0.6 is 0 Å². The first-order valence-corrected chi connectivity index (χ1v) is 7.19. The molecule has 2 aromatic rings. The first-order valence-electron chi connectivity index (χ1n) is 7.19. The molecule has 1 aliphatic carbocycles. The second kappa shape index (κ2) is 5.06. The van der Waals surface area contributed by atoms with E-state index < -0.39 is 0 Å². The summed E-state index contributed by atoms with van der Waals surface area (Å²) in [5, 5.41) is 3.38. The molecule has 0 saturated carbocycles. The molecule has 1 N–H and O–H groups in total. The highest BCUT2D eigenvalue weighted by Gasteiger charge is 2.38. The number of hydrogen-bond acceptors (Lipinski definition) is 2. The third kappa shape index (κ3) is 2.48. The summed E-state index contributed by atoms with van der Waals surface area (Å²) in [5.74, 6) is 0.402. The van der Waals surface area contributed by atoms with E-state index in [2.05, 4.69) is 37.4 Å². The maximum absolute atomic E-state index is 14.1. The van der Waals surface area contributed by atoms with E-state index in [1.165, 1.54) is 17.2 Å². The van der Waals surface area contributed by atoms with E-state index in [-0.39, 0.29) is 17.3 Å². The molecule has 1 unspecified atom stereocenters. The fraction of sp³-hybridized carbons (Fsp3) is 0.333. The van der Waals surface area contributed by atoms with Crippen molar-refractivity contribution in [2.75, 3.05) is 12.4 Å². The topological polar surface area (TPSA) is 21.3 Å². The van der Waals surface area contributed by atoms with Gasteiger partial charge in [-0.3, -0.25) is 0 Å². The van der Waals surface area contributed by atoms with Crippen LogP contribution < -0.4 is 10.1 Å². The summed E-state index contributed by atoms with van der Waals surface area (Å²) < 4.78 is 19.3. The van der Waals surface area contributed by atoms with Crippen LogP contribution in [0.5, 0.6) is 5.75 Å². The monoisotopic (exact) mass is 285 g/mol. The first-order chi connectivity index (χ1) is 10.0. The van der Waals surface area contributed by atoms with Crippen LogP contribution in [-0.4, -0.2) is 7.11 Å². The Hall–Kier alpha value is -2.03. The lowest BCUT2D eigenvalue weighted by atomic mass is 9.85. The quantitative estimate of drug-likeness (QED) is 0.892. The van der Waals surface area contributed by atoms with Crippen molar-refractivity contribution in [2.45, 2.75) is 26.3 Å². The minimum Gasteiger partial charge on any atom is -0.497 e. The van der Waals surface area contributed by atoms with Crippen LogP contribution in [0, 0.1) is 11.2 Å². The summed E-state index contributed by atoms with van der Waals surface area (Å²) in [5.41, 5.74) is 3.12. The van der Waals surface area contributed by atoms with Crippen LogP contribution in [0.15, 0.2) is 42.5 Å². The Morgan fingerprint density at radius 2 is 1.95 bits per heavy atom. The minimum atomic E-state index is -0.254. The second-order valence-electron chi connectivity index (χ2n) is 6.29. The molecule has 0 aliphatic heterocycles. The molecule has 0 saturated heterocycles.